The van der Waals surface area contributed by atoms with Crippen molar-refractivity contribution in [1.29, 1.82) is 0 Å². The molecule has 2 aromatic carbocycles. The number of benzene rings is 2. The van der Waals surface area contributed by atoms with Crippen molar-refractivity contribution in [2.75, 3.05) is 19.8 Å². The third-order valence-electron chi connectivity index (χ3n) is 3.93. The van der Waals surface area contributed by atoms with Crippen molar-refractivity contribution >= 4 is 5.97 Å². The molecular weight excluding hydrogens is 304 g/mol. The predicted molar refractivity (Wildman–Crippen MR) is 91.5 cm³/mol. The van der Waals surface area contributed by atoms with Crippen molar-refractivity contribution in [2.45, 2.75) is 25.7 Å². The molecule has 0 amide bonds. The van der Waals surface area contributed by atoms with Crippen LogP contribution in [0.2, 0.25) is 0 Å². The second kappa shape index (κ2) is 8.39. The number of hydrogen-bond acceptors (Lipinski definition) is 4. The van der Waals surface area contributed by atoms with Gasteiger partial charge in [-0.25, -0.2) is 0 Å². The van der Waals surface area contributed by atoms with E-state index in [0.717, 1.165) is 29.9 Å². The monoisotopic (exact) mass is 326 g/mol. The van der Waals surface area contributed by atoms with Crippen LogP contribution < -0.4 is 9.47 Å². The minimum atomic E-state index is -0.168. The van der Waals surface area contributed by atoms with E-state index in [1.807, 2.05) is 48.5 Å². The van der Waals surface area contributed by atoms with Crippen molar-refractivity contribution in [3.05, 3.63) is 59.7 Å². The average molecular weight is 326 g/mol. The van der Waals surface area contributed by atoms with Gasteiger partial charge < -0.3 is 14.2 Å². The molecule has 2 aromatic rings. The summed E-state index contributed by atoms with van der Waals surface area (Å²) >= 11 is 0. The summed E-state index contributed by atoms with van der Waals surface area (Å²) < 4.78 is 16.6. The molecule has 0 bridgehead atoms. The van der Waals surface area contributed by atoms with Gasteiger partial charge in [-0.2, -0.15) is 0 Å². The highest BCUT2D eigenvalue weighted by Gasteiger charge is 2.11. The fourth-order valence-electron chi connectivity index (χ4n) is 2.61. The van der Waals surface area contributed by atoms with Crippen LogP contribution in [0, 0.1) is 0 Å². The van der Waals surface area contributed by atoms with Gasteiger partial charge in [0.25, 0.3) is 0 Å². The molecule has 0 fully saturated rings. The molecule has 0 saturated heterocycles. The first-order chi connectivity index (χ1) is 11.8. The van der Waals surface area contributed by atoms with Gasteiger partial charge >= 0.3 is 5.97 Å². The van der Waals surface area contributed by atoms with Crippen LogP contribution in [0.1, 0.15) is 24.0 Å². The number of carbonyl (C=O) groups excluding carboxylic acids is 1. The number of aryl methyl sites for hydroxylation is 1. The van der Waals surface area contributed by atoms with E-state index in [0.29, 0.717) is 32.7 Å². The number of carbonyl (C=O) groups is 1. The van der Waals surface area contributed by atoms with Gasteiger partial charge in [0.15, 0.2) is 11.5 Å². The summed E-state index contributed by atoms with van der Waals surface area (Å²) in [6.45, 7) is 1.77. The van der Waals surface area contributed by atoms with Gasteiger partial charge in [0.1, 0.15) is 0 Å². The molecule has 4 nitrogen and oxygen atoms in total. The maximum Gasteiger partial charge on any atom is 0.306 e. The van der Waals surface area contributed by atoms with Crippen molar-refractivity contribution < 1.29 is 19.0 Å². The SMILES string of the molecule is O=C(CCc1ccc2c(c1)OCCCO2)OCCc1ccccc1. The van der Waals surface area contributed by atoms with Crippen molar-refractivity contribution in [2.24, 2.45) is 0 Å². The van der Waals surface area contributed by atoms with Gasteiger partial charge in [-0.1, -0.05) is 36.4 Å². The minimum Gasteiger partial charge on any atom is -0.490 e. The highest BCUT2D eigenvalue weighted by Crippen LogP contribution is 2.30. The Balaban J connectivity index is 1.43. The van der Waals surface area contributed by atoms with Crippen LogP contribution in [-0.4, -0.2) is 25.8 Å². The quantitative estimate of drug-likeness (QED) is 0.761. The van der Waals surface area contributed by atoms with Crippen molar-refractivity contribution in [3.8, 4) is 11.5 Å². The third-order valence-corrected chi connectivity index (χ3v) is 3.93. The van der Waals surface area contributed by atoms with Crippen LogP contribution in [0.25, 0.3) is 0 Å². The summed E-state index contributed by atoms with van der Waals surface area (Å²) in [6.07, 6.45) is 2.64. The molecule has 0 spiro atoms. The van der Waals surface area contributed by atoms with Crippen LogP contribution in [-0.2, 0) is 22.4 Å². The molecule has 0 N–H and O–H groups in total. The van der Waals surface area contributed by atoms with E-state index in [9.17, 15) is 4.79 Å². The average Bonchev–Trinajstić information content (AvgIpc) is 2.86. The Morgan fingerprint density at radius 2 is 1.71 bits per heavy atom. The first-order valence-electron chi connectivity index (χ1n) is 8.39. The Morgan fingerprint density at radius 3 is 2.54 bits per heavy atom. The van der Waals surface area contributed by atoms with Gasteiger partial charge in [0.05, 0.1) is 19.8 Å². The first kappa shape index (κ1) is 16.4. The van der Waals surface area contributed by atoms with Crippen LogP contribution >= 0.6 is 0 Å². The zero-order valence-corrected chi connectivity index (χ0v) is 13.7. The summed E-state index contributed by atoms with van der Waals surface area (Å²) in [5.74, 6) is 1.38. The number of esters is 1. The van der Waals surface area contributed by atoms with E-state index in [4.69, 9.17) is 14.2 Å². The van der Waals surface area contributed by atoms with E-state index in [-0.39, 0.29) is 5.97 Å². The van der Waals surface area contributed by atoms with Crippen molar-refractivity contribution in [1.82, 2.24) is 0 Å². The zero-order chi connectivity index (χ0) is 16.6. The highest BCUT2D eigenvalue weighted by molar-refractivity contribution is 5.69. The molecule has 0 aromatic heterocycles. The normalized spacial score (nSPS) is 13.2. The van der Waals surface area contributed by atoms with Crippen LogP contribution in [0.5, 0.6) is 11.5 Å². The Bertz CT molecular complexity index is 667. The molecule has 3 rings (SSSR count). The van der Waals surface area contributed by atoms with Crippen LogP contribution in [0.3, 0.4) is 0 Å². The van der Waals surface area contributed by atoms with E-state index in [1.54, 1.807) is 0 Å². The van der Waals surface area contributed by atoms with Gasteiger partial charge in [-0.15, -0.1) is 0 Å². The second-order valence-electron chi connectivity index (χ2n) is 5.79. The smallest absolute Gasteiger partial charge is 0.306 e. The Morgan fingerprint density at radius 1 is 0.917 bits per heavy atom. The lowest BCUT2D eigenvalue weighted by Crippen LogP contribution is -2.08. The topological polar surface area (TPSA) is 44.8 Å². The molecule has 0 radical (unpaired) electrons. The number of fused-ring (bicyclic) bond motifs is 1. The van der Waals surface area contributed by atoms with E-state index in [2.05, 4.69) is 0 Å². The van der Waals surface area contributed by atoms with E-state index < -0.39 is 0 Å². The molecule has 0 atom stereocenters. The van der Waals surface area contributed by atoms with Gasteiger partial charge in [0, 0.05) is 19.3 Å². The van der Waals surface area contributed by atoms with E-state index >= 15 is 0 Å². The van der Waals surface area contributed by atoms with Crippen LogP contribution in [0.4, 0.5) is 0 Å². The summed E-state index contributed by atoms with van der Waals surface area (Å²) in [5, 5.41) is 0. The summed E-state index contributed by atoms with van der Waals surface area (Å²) in [4.78, 5) is 11.9. The maximum absolute atomic E-state index is 11.9. The van der Waals surface area contributed by atoms with Gasteiger partial charge in [-0.3, -0.25) is 4.79 Å². The molecule has 0 saturated carbocycles. The highest BCUT2D eigenvalue weighted by atomic mass is 16.5. The summed E-state index contributed by atoms with van der Waals surface area (Å²) in [6, 6.07) is 15.9. The molecule has 126 valence electrons. The van der Waals surface area contributed by atoms with Gasteiger partial charge in [0.2, 0.25) is 0 Å². The molecule has 1 aliphatic rings. The third kappa shape index (κ3) is 4.75. The minimum absolute atomic E-state index is 0.168. The first-order valence-corrected chi connectivity index (χ1v) is 8.39. The Hall–Kier alpha value is -2.49. The van der Waals surface area contributed by atoms with E-state index in [1.165, 1.54) is 5.56 Å². The Kier molecular flexibility index (Phi) is 5.72. The fourth-order valence-corrected chi connectivity index (χ4v) is 2.61. The molecule has 0 aliphatic carbocycles. The second-order valence-corrected chi connectivity index (χ2v) is 5.79. The predicted octanol–water partition coefficient (Wildman–Crippen LogP) is 3.57. The number of rotatable bonds is 6. The lowest BCUT2D eigenvalue weighted by Gasteiger charge is -2.09. The fraction of sp³-hybridized carbons (Fsp3) is 0.350. The number of hydrogen-bond donors (Lipinski definition) is 0. The zero-order valence-electron chi connectivity index (χ0n) is 13.7. The summed E-state index contributed by atoms with van der Waals surface area (Å²) in [5.41, 5.74) is 2.23. The summed E-state index contributed by atoms with van der Waals surface area (Å²) in [7, 11) is 0. The van der Waals surface area contributed by atoms with Crippen molar-refractivity contribution in [3.63, 3.8) is 0 Å². The Labute approximate surface area is 142 Å². The van der Waals surface area contributed by atoms with Gasteiger partial charge in [-0.05, 0) is 29.7 Å². The lowest BCUT2D eigenvalue weighted by atomic mass is 10.1. The molecule has 24 heavy (non-hydrogen) atoms. The standard InChI is InChI=1S/C20H22O4/c21-20(24-14-11-16-5-2-1-3-6-16)10-8-17-7-9-18-19(15-17)23-13-4-12-22-18/h1-3,5-7,9,15H,4,8,10-14H2. The maximum atomic E-state index is 11.9. The molecule has 0 unspecified atom stereocenters. The molecule has 1 heterocycles. The molecular formula is C20H22O4. The molecule has 4 heteroatoms. The molecule has 1 aliphatic heterocycles. The van der Waals surface area contributed by atoms with Crippen LogP contribution in [0.15, 0.2) is 48.5 Å². The largest absolute Gasteiger partial charge is 0.490 e. The number of ether oxygens (including phenoxy) is 3. The lowest BCUT2D eigenvalue weighted by molar-refractivity contribution is -0.143.